The van der Waals surface area contributed by atoms with E-state index in [1.54, 1.807) is 0 Å². The Kier molecular flexibility index (Phi) is 6.18. The van der Waals surface area contributed by atoms with E-state index in [0.717, 1.165) is 24.2 Å². The van der Waals surface area contributed by atoms with Gasteiger partial charge in [0, 0.05) is 4.90 Å². The fraction of sp³-hybridized carbons (Fsp3) is 0.227. The van der Waals surface area contributed by atoms with Crippen LogP contribution in [0.4, 0.5) is 0 Å². The van der Waals surface area contributed by atoms with Crippen LogP contribution in [0.1, 0.15) is 17.5 Å². The monoisotopic (exact) mass is 366 g/mol. The van der Waals surface area contributed by atoms with Gasteiger partial charge in [-0.3, -0.25) is 0 Å². The topological polar surface area (TPSA) is 46.5 Å². The van der Waals surface area contributed by atoms with Crippen molar-refractivity contribution >= 4 is 28.5 Å². The summed E-state index contributed by atoms with van der Waals surface area (Å²) in [5, 5.41) is 11.3. The Balaban J connectivity index is 1.49. The minimum absolute atomic E-state index is 0.306. The molecule has 0 fully saturated rings. The van der Waals surface area contributed by atoms with Gasteiger partial charge in [-0.1, -0.05) is 42.5 Å². The molecule has 0 saturated heterocycles. The zero-order valence-electron chi connectivity index (χ0n) is 14.8. The summed E-state index contributed by atoms with van der Waals surface area (Å²) in [7, 11) is 0. The molecule has 0 bridgehead atoms. The molecule has 0 aromatic heterocycles. The van der Waals surface area contributed by atoms with Gasteiger partial charge in [0.15, 0.2) is 6.61 Å². The maximum absolute atomic E-state index is 10.6. The summed E-state index contributed by atoms with van der Waals surface area (Å²) in [4.78, 5) is 11.8. The maximum Gasteiger partial charge on any atom is 0.341 e. The van der Waals surface area contributed by atoms with Crippen LogP contribution in [0.25, 0.3) is 10.8 Å². The number of benzene rings is 3. The number of carboxylic acid groups (broad SMARTS) is 1. The summed E-state index contributed by atoms with van der Waals surface area (Å²) < 4.78 is 5.26. The zero-order chi connectivity index (χ0) is 18.4. The molecule has 0 heterocycles. The normalized spacial score (nSPS) is 10.8. The third-order valence-corrected chi connectivity index (χ3v) is 5.27. The van der Waals surface area contributed by atoms with Gasteiger partial charge >= 0.3 is 5.97 Å². The number of hydrogen-bond acceptors (Lipinski definition) is 3. The molecule has 3 aromatic carbocycles. The highest BCUT2D eigenvalue weighted by Crippen LogP contribution is 2.26. The van der Waals surface area contributed by atoms with Crippen LogP contribution in [0.2, 0.25) is 0 Å². The van der Waals surface area contributed by atoms with Crippen molar-refractivity contribution in [1.29, 1.82) is 0 Å². The van der Waals surface area contributed by atoms with Gasteiger partial charge in [0.25, 0.3) is 0 Å². The molecule has 0 atom stereocenters. The fourth-order valence-corrected chi connectivity index (χ4v) is 3.82. The Morgan fingerprint density at radius 2 is 1.85 bits per heavy atom. The van der Waals surface area contributed by atoms with E-state index >= 15 is 0 Å². The van der Waals surface area contributed by atoms with Crippen LogP contribution in [0.15, 0.2) is 65.6 Å². The van der Waals surface area contributed by atoms with Gasteiger partial charge in [0.05, 0.1) is 0 Å². The van der Waals surface area contributed by atoms with Crippen LogP contribution >= 0.6 is 11.8 Å². The van der Waals surface area contributed by atoms with E-state index in [9.17, 15) is 4.79 Å². The van der Waals surface area contributed by atoms with Crippen LogP contribution in [0.5, 0.6) is 5.75 Å². The Hall–Kier alpha value is -2.46. The Morgan fingerprint density at radius 1 is 1.04 bits per heavy atom. The first-order chi connectivity index (χ1) is 12.6. The number of thioether (sulfide) groups is 1. The van der Waals surface area contributed by atoms with Gasteiger partial charge in [0.2, 0.25) is 0 Å². The van der Waals surface area contributed by atoms with Crippen molar-refractivity contribution in [3.8, 4) is 5.75 Å². The predicted molar refractivity (Wildman–Crippen MR) is 107 cm³/mol. The molecule has 134 valence electrons. The molecule has 0 saturated carbocycles. The lowest BCUT2D eigenvalue weighted by molar-refractivity contribution is -0.139. The standard InChI is InChI=1S/C22H22O3S/c1-16-13-20(10-11-21(16)25-15-22(23)24)26-12-4-5-17-8-9-18-6-2-3-7-19(18)14-17/h2-3,6-11,13-14H,4-5,12,15H2,1H3,(H,23,24). The molecule has 3 aromatic rings. The number of hydrogen-bond donors (Lipinski definition) is 1. The quantitative estimate of drug-likeness (QED) is 0.432. The summed E-state index contributed by atoms with van der Waals surface area (Å²) >= 11 is 1.82. The van der Waals surface area contributed by atoms with Crippen molar-refractivity contribution in [1.82, 2.24) is 0 Å². The van der Waals surface area contributed by atoms with Crippen molar-refractivity contribution in [3.05, 3.63) is 71.8 Å². The van der Waals surface area contributed by atoms with Crippen LogP contribution in [0.3, 0.4) is 0 Å². The second kappa shape index (κ2) is 8.77. The van der Waals surface area contributed by atoms with E-state index in [0.29, 0.717) is 5.75 Å². The zero-order valence-corrected chi connectivity index (χ0v) is 15.6. The van der Waals surface area contributed by atoms with Crippen molar-refractivity contribution in [2.24, 2.45) is 0 Å². The molecule has 0 aliphatic carbocycles. The van der Waals surface area contributed by atoms with E-state index in [4.69, 9.17) is 9.84 Å². The number of carboxylic acids is 1. The smallest absolute Gasteiger partial charge is 0.341 e. The first kappa shape index (κ1) is 18.3. The summed E-state index contributed by atoms with van der Waals surface area (Å²) in [6.07, 6.45) is 2.18. The van der Waals surface area contributed by atoms with Crippen molar-refractivity contribution in [2.75, 3.05) is 12.4 Å². The highest BCUT2D eigenvalue weighted by molar-refractivity contribution is 7.99. The van der Waals surface area contributed by atoms with E-state index in [-0.39, 0.29) is 6.61 Å². The third kappa shape index (κ3) is 5.02. The Labute approximate surface area is 158 Å². The molecule has 0 radical (unpaired) electrons. The van der Waals surface area contributed by atoms with E-state index in [2.05, 4.69) is 48.5 Å². The minimum atomic E-state index is -0.962. The SMILES string of the molecule is Cc1cc(SCCCc2ccc3ccccc3c2)ccc1OCC(=O)O. The summed E-state index contributed by atoms with van der Waals surface area (Å²) in [6, 6.07) is 21.0. The molecular formula is C22H22O3S. The van der Waals surface area contributed by atoms with Gasteiger partial charge in [-0.25, -0.2) is 4.79 Å². The molecule has 3 rings (SSSR count). The molecule has 0 spiro atoms. The van der Waals surface area contributed by atoms with Crippen LogP contribution in [-0.4, -0.2) is 23.4 Å². The van der Waals surface area contributed by atoms with Gasteiger partial charge in [-0.15, -0.1) is 11.8 Å². The average Bonchev–Trinajstić information content (AvgIpc) is 2.64. The minimum Gasteiger partial charge on any atom is -0.482 e. The highest BCUT2D eigenvalue weighted by atomic mass is 32.2. The van der Waals surface area contributed by atoms with Crippen LogP contribution < -0.4 is 4.74 Å². The number of aliphatic carboxylic acids is 1. The lowest BCUT2D eigenvalue weighted by Crippen LogP contribution is -2.09. The fourth-order valence-electron chi connectivity index (χ4n) is 2.87. The first-order valence-electron chi connectivity index (χ1n) is 8.67. The number of aryl methyl sites for hydroxylation is 2. The Morgan fingerprint density at radius 3 is 2.62 bits per heavy atom. The van der Waals surface area contributed by atoms with Crippen molar-refractivity contribution < 1.29 is 14.6 Å². The molecule has 4 heteroatoms. The molecule has 0 amide bonds. The number of fused-ring (bicyclic) bond motifs is 1. The van der Waals surface area contributed by atoms with Crippen molar-refractivity contribution in [2.45, 2.75) is 24.7 Å². The molecule has 26 heavy (non-hydrogen) atoms. The van der Waals surface area contributed by atoms with E-state index in [1.165, 1.54) is 21.2 Å². The van der Waals surface area contributed by atoms with Crippen LogP contribution in [0, 0.1) is 6.92 Å². The van der Waals surface area contributed by atoms with Gasteiger partial charge < -0.3 is 9.84 Å². The first-order valence-corrected chi connectivity index (χ1v) is 9.66. The molecule has 0 aliphatic heterocycles. The largest absolute Gasteiger partial charge is 0.482 e. The maximum atomic E-state index is 10.6. The highest BCUT2D eigenvalue weighted by Gasteiger charge is 2.05. The predicted octanol–water partition coefficient (Wildman–Crippen LogP) is 5.34. The van der Waals surface area contributed by atoms with E-state index < -0.39 is 5.97 Å². The number of carbonyl (C=O) groups is 1. The van der Waals surface area contributed by atoms with E-state index in [1.807, 2.05) is 30.8 Å². The number of rotatable bonds is 8. The van der Waals surface area contributed by atoms with Gasteiger partial charge in [-0.05, 0) is 65.6 Å². The third-order valence-electron chi connectivity index (χ3n) is 4.19. The summed E-state index contributed by atoms with van der Waals surface area (Å²) in [6.45, 7) is 1.63. The molecule has 1 N–H and O–H groups in total. The molecule has 3 nitrogen and oxygen atoms in total. The summed E-state index contributed by atoms with van der Waals surface area (Å²) in [5.74, 6) is 0.714. The van der Waals surface area contributed by atoms with Crippen molar-refractivity contribution in [3.63, 3.8) is 0 Å². The lowest BCUT2D eigenvalue weighted by atomic mass is 10.0. The summed E-state index contributed by atoms with van der Waals surface area (Å²) in [5.41, 5.74) is 2.34. The second-order valence-electron chi connectivity index (χ2n) is 6.24. The average molecular weight is 366 g/mol. The van der Waals surface area contributed by atoms with Gasteiger partial charge in [0.1, 0.15) is 5.75 Å². The Bertz CT molecular complexity index is 905. The van der Waals surface area contributed by atoms with Gasteiger partial charge in [-0.2, -0.15) is 0 Å². The molecule has 0 aliphatic rings. The molecular weight excluding hydrogens is 344 g/mol. The second-order valence-corrected chi connectivity index (χ2v) is 7.41. The number of ether oxygens (including phenoxy) is 1. The van der Waals surface area contributed by atoms with Crippen LogP contribution in [-0.2, 0) is 11.2 Å². The lowest BCUT2D eigenvalue weighted by Gasteiger charge is -2.09. The molecule has 0 unspecified atom stereocenters.